The number of fused-ring (bicyclic) bond motifs is 2. The zero-order valence-electron chi connectivity index (χ0n) is 16.1. The van der Waals surface area contributed by atoms with Gasteiger partial charge in [0.25, 0.3) is 11.5 Å². The molecule has 0 saturated carbocycles. The predicted octanol–water partition coefficient (Wildman–Crippen LogP) is 2.77. The number of amides is 1. The highest BCUT2D eigenvalue weighted by atomic mass is 19.1. The lowest BCUT2D eigenvalue weighted by Gasteiger charge is -2.28. The minimum Gasteiger partial charge on any atom is -0.472 e. The minimum absolute atomic E-state index is 0.126. The van der Waals surface area contributed by atoms with E-state index in [1.54, 1.807) is 29.2 Å². The number of halogens is 1. The molecule has 1 aliphatic heterocycles. The molecular formula is C21H21FN4O3. The molecule has 0 bridgehead atoms. The van der Waals surface area contributed by atoms with Gasteiger partial charge in [-0.2, -0.15) is 0 Å². The molecule has 0 spiro atoms. The summed E-state index contributed by atoms with van der Waals surface area (Å²) in [7, 11) is 0. The van der Waals surface area contributed by atoms with Gasteiger partial charge in [0, 0.05) is 6.54 Å². The maximum absolute atomic E-state index is 13.3. The zero-order chi connectivity index (χ0) is 20.4. The number of rotatable bonds is 6. The fourth-order valence-electron chi connectivity index (χ4n) is 3.36. The van der Waals surface area contributed by atoms with E-state index in [1.807, 2.05) is 0 Å². The Hall–Kier alpha value is -3.29. The Bertz CT molecular complexity index is 1130. The summed E-state index contributed by atoms with van der Waals surface area (Å²) in [5.41, 5.74) is 1.19. The van der Waals surface area contributed by atoms with Gasteiger partial charge in [-0.3, -0.25) is 9.59 Å². The van der Waals surface area contributed by atoms with Crippen molar-refractivity contribution < 1.29 is 13.9 Å². The Morgan fingerprint density at radius 1 is 1.17 bits per heavy atom. The van der Waals surface area contributed by atoms with E-state index in [9.17, 15) is 14.0 Å². The summed E-state index contributed by atoms with van der Waals surface area (Å²) >= 11 is 0. The zero-order valence-corrected chi connectivity index (χ0v) is 16.1. The highest BCUT2D eigenvalue weighted by Crippen LogP contribution is 2.28. The first-order valence-corrected chi connectivity index (χ1v) is 9.65. The molecule has 0 N–H and O–H groups in total. The van der Waals surface area contributed by atoms with Crippen LogP contribution >= 0.6 is 0 Å². The molecule has 29 heavy (non-hydrogen) atoms. The van der Waals surface area contributed by atoms with Crippen molar-refractivity contribution in [3.05, 3.63) is 63.7 Å². The summed E-state index contributed by atoms with van der Waals surface area (Å²) in [4.78, 5) is 27.2. The number of unbranched alkanes of at least 4 members (excludes halogenated alkanes) is 1. The average Bonchev–Trinajstić information content (AvgIpc) is 2.72. The van der Waals surface area contributed by atoms with E-state index in [0.717, 1.165) is 18.4 Å². The number of aromatic nitrogens is 3. The number of carbonyl (C=O) groups excluding carboxylic acids is 1. The highest BCUT2D eigenvalue weighted by Gasteiger charge is 2.26. The van der Waals surface area contributed by atoms with Crippen molar-refractivity contribution in [2.75, 3.05) is 13.3 Å². The summed E-state index contributed by atoms with van der Waals surface area (Å²) in [6, 6.07) is 9.36. The molecule has 0 radical (unpaired) electrons. The molecule has 2 heterocycles. The topological polar surface area (TPSA) is 77.3 Å². The highest BCUT2D eigenvalue weighted by molar-refractivity contribution is 6.01. The summed E-state index contributed by atoms with van der Waals surface area (Å²) in [5, 5.41) is 8.44. The molecule has 0 fully saturated rings. The van der Waals surface area contributed by atoms with Crippen molar-refractivity contribution >= 4 is 16.8 Å². The van der Waals surface area contributed by atoms with Gasteiger partial charge in [-0.1, -0.05) is 30.7 Å². The van der Waals surface area contributed by atoms with Crippen LogP contribution in [0.3, 0.4) is 0 Å². The Labute approximate surface area is 166 Å². The molecule has 1 amide bonds. The largest absolute Gasteiger partial charge is 0.472 e. The van der Waals surface area contributed by atoms with Gasteiger partial charge in [0.1, 0.15) is 17.1 Å². The number of carbonyl (C=O) groups is 1. The van der Waals surface area contributed by atoms with Crippen LogP contribution in [0.5, 0.6) is 5.75 Å². The van der Waals surface area contributed by atoms with Crippen LogP contribution in [0.2, 0.25) is 0 Å². The SMILES string of the molecule is CCCCN1COc2cc3c(=O)n(CCc4cccc(F)c4)nnc3cc2C1=O. The van der Waals surface area contributed by atoms with Crippen LogP contribution in [-0.2, 0) is 13.0 Å². The molecule has 7 nitrogen and oxygen atoms in total. The van der Waals surface area contributed by atoms with Gasteiger partial charge in [-0.05, 0) is 42.7 Å². The van der Waals surface area contributed by atoms with E-state index >= 15 is 0 Å². The van der Waals surface area contributed by atoms with Crippen LogP contribution in [0.4, 0.5) is 4.39 Å². The fourth-order valence-corrected chi connectivity index (χ4v) is 3.36. The summed E-state index contributed by atoms with van der Waals surface area (Å²) < 4.78 is 20.3. The van der Waals surface area contributed by atoms with E-state index < -0.39 is 0 Å². The van der Waals surface area contributed by atoms with Gasteiger partial charge in [0.2, 0.25) is 0 Å². The fraction of sp³-hybridized carbons (Fsp3) is 0.333. The third-order valence-electron chi connectivity index (χ3n) is 5.00. The van der Waals surface area contributed by atoms with Gasteiger partial charge in [0.05, 0.1) is 17.5 Å². The number of ether oxygens (including phenoxy) is 1. The Morgan fingerprint density at radius 2 is 2.03 bits per heavy atom. The lowest BCUT2D eigenvalue weighted by molar-refractivity contribution is 0.0519. The third-order valence-corrected chi connectivity index (χ3v) is 5.00. The summed E-state index contributed by atoms with van der Waals surface area (Å²) in [5.74, 6) is -0.0587. The van der Waals surface area contributed by atoms with Crippen LogP contribution < -0.4 is 10.3 Å². The lowest BCUT2D eigenvalue weighted by Crippen LogP contribution is -2.39. The van der Waals surface area contributed by atoms with Crippen LogP contribution in [0, 0.1) is 5.82 Å². The van der Waals surface area contributed by atoms with Crippen molar-refractivity contribution in [3.63, 3.8) is 0 Å². The van der Waals surface area contributed by atoms with Crippen LogP contribution in [-0.4, -0.2) is 39.1 Å². The number of hydrogen-bond donors (Lipinski definition) is 0. The van der Waals surface area contributed by atoms with Crippen molar-refractivity contribution in [2.24, 2.45) is 0 Å². The number of nitrogens with zero attached hydrogens (tertiary/aromatic N) is 4. The molecule has 0 atom stereocenters. The summed E-state index contributed by atoms with van der Waals surface area (Å²) in [6.07, 6.45) is 2.33. The van der Waals surface area contributed by atoms with E-state index in [4.69, 9.17) is 4.74 Å². The van der Waals surface area contributed by atoms with Crippen LogP contribution in [0.1, 0.15) is 35.7 Å². The number of aryl methyl sites for hydroxylation is 2. The standard InChI is InChI=1S/C21H21FN4O3/c1-2-3-8-25-13-29-19-12-16-18(11-17(19)20(25)27)23-24-26(21(16)28)9-7-14-5-4-6-15(22)10-14/h4-6,10-12H,2-3,7-9,13H2,1H3. The van der Waals surface area contributed by atoms with Gasteiger partial charge in [-0.25, -0.2) is 9.07 Å². The second-order valence-corrected chi connectivity index (χ2v) is 7.06. The second-order valence-electron chi connectivity index (χ2n) is 7.06. The first-order valence-electron chi connectivity index (χ1n) is 9.65. The maximum Gasteiger partial charge on any atom is 0.277 e. The van der Waals surface area contributed by atoms with E-state index in [0.29, 0.717) is 35.2 Å². The molecule has 2 aromatic carbocycles. The molecule has 1 aromatic heterocycles. The Balaban J connectivity index is 1.61. The molecule has 0 unspecified atom stereocenters. The molecule has 150 valence electrons. The Kier molecular flexibility index (Phi) is 5.24. The first-order chi connectivity index (χ1) is 14.1. The third kappa shape index (κ3) is 3.83. The van der Waals surface area contributed by atoms with E-state index in [2.05, 4.69) is 17.2 Å². The lowest BCUT2D eigenvalue weighted by atomic mass is 10.1. The maximum atomic E-state index is 13.3. The molecular weight excluding hydrogens is 375 g/mol. The van der Waals surface area contributed by atoms with Gasteiger partial charge in [0.15, 0.2) is 6.73 Å². The first kappa shape index (κ1) is 19.0. The van der Waals surface area contributed by atoms with Crippen molar-refractivity contribution in [2.45, 2.75) is 32.7 Å². The average molecular weight is 396 g/mol. The molecule has 3 aromatic rings. The number of hydrogen-bond acceptors (Lipinski definition) is 5. The van der Waals surface area contributed by atoms with Gasteiger partial charge < -0.3 is 9.64 Å². The second kappa shape index (κ2) is 7.98. The summed E-state index contributed by atoms with van der Waals surface area (Å²) in [6.45, 7) is 3.13. The monoisotopic (exact) mass is 396 g/mol. The normalized spacial score (nSPS) is 13.4. The van der Waals surface area contributed by atoms with Gasteiger partial charge >= 0.3 is 0 Å². The Morgan fingerprint density at radius 3 is 2.83 bits per heavy atom. The molecule has 0 aliphatic carbocycles. The van der Waals surface area contributed by atoms with E-state index in [1.165, 1.54) is 16.8 Å². The molecule has 4 rings (SSSR count). The number of benzene rings is 2. The molecule has 1 aliphatic rings. The van der Waals surface area contributed by atoms with E-state index in [-0.39, 0.29) is 30.6 Å². The van der Waals surface area contributed by atoms with Gasteiger partial charge in [-0.15, -0.1) is 5.10 Å². The van der Waals surface area contributed by atoms with Crippen LogP contribution in [0.15, 0.2) is 41.2 Å². The molecule has 8 heteroatoms. The smallest absolute Gasteiger partial charge is 0.277 e. The minimum atomic E-state index is -0.321. The van der Waals surface area contributed by atoms with Crippen molar-refractivity contribution in [1.82, 2.24) is 19.9 Å². The quantitative estimate of drug-likeness (QED) is 0.640. The van der Waals surface area contributed by atoms with Crippen molar-refractivity contribution in [1.29, 1.82) is 0 Å². The predicted molar refractivity (Wildman–Crippen MR) is 105 cm³/mol. The molecule has 0 saturated heterocycles. The van der Waals surface area contributed by atoms with Crippen molar-refractivity contribution in [3.8, 4) is 5.75 Å². The van der Waals surface area contributed by atoms with Crippen LogP contribution in [0.25, 0.3) is 10.9 Å².